The maximum atomic E-state index is 13.4. The number of carbonyl (C=O) groups is 6. The third-order valence-corrected chi connectivity index (χ3v) is 13.9. The number of epoxide rings is 3. The molecule has 18 heteroatoms. The highest BCUT2D eigenvalue weighted by atomic mass is 16.6. The van der Waals surface area contributed by atoms with E-state index in [2.05, 4.69) is 0 Å². The number of esters is 6. The van der Waals surface area contributed by atoms with Crippen molar-refractivity contribution in [2.45, 2.75) is 114 Å². The lowest BCUT2D eigenvalue weighted by molar-refractivity contribution is 0.0379. The van der Waals surface area contributed by atoms with Gasteiger partial charge in [-0.3, -0.25) is 0 Å². The van der Waals surface area contributed by atoms with Gasteiger partial charge in [0.15, 0.2) is 0 Å². The summed E-state index contributed by atoms with van der Waals surface area (Å²) in [6.07, 6.45) is 13.8. The average Bonchev–Trinajstić information content (AvgIpc) is 4.31. The number of unbranched alkanes of at least 4 members (excludes halogenated alkanes) is 6. The lowest BCUT2D eigenvalue weighted by Gasteiger charge is -2.31. The smallest absolute Gasteiger partial charge is 0.343 e. The standard InChI is InChI=1S/C62H66O18/c63-45-33-40(34-45)9-5-1-3-7-29-70-46-19-15-43(16-20-46)59(66)79-55-25-23-48(35-53(55)61(68)72-31-27-51-38-75-51)77-57(64)41-11-13-42(14-12-41)58(65)78-49-24-26-56(54(36-49)62(69)73-32-28-52-39-76-52)80-60(67)44-17-21-47(22-18-44)71-30-8-4-2-6-10-50-37-74-50/h11-26,35-36,40,45,50-52,63H,1-10,27-34,37-39H2. The van der Waals surface area contributed by atoms with Gasteiger partial charge in [-0.05, 0) is 147 Å². The number of hydrogen-bond donors (Lipinski definition) is 1. The first-order valence-corrected chi connectivity index (χ1v) is 27.6. The van der Waals surface area contributed by atoms with Crippen molar-refractivity contribution in [3.8, 4) is 34.5 Å². The second-order valence-electron chi connectivity index (χ2n) is 20.3. The molecule has 5 aromatic rings. The zero-order chi connectivity index (χ0) is 55.6. The van der Waals surface area contributed by atoms with Crippen molar-refractivity contribution in [2.24, 2.45) is 5.92 Å². The molecule has 0 radical (unpaired) electrons. The van der Waals surface area contributed by atoms with E-state index in [4.69, 9.17) is 52.1 Å². The highest BCUT2D eigenvalue weighted by molar-refractivity contribution is 5.99. The molecule has 0 bridgehead atoms. The van der Waals surface area contributed by atoms with Gasteiger partial charge in [0.05, 0.1) is 92.9 Å². The molecule has 1 aliphatic carbocycles. The number of aliphatic hydroxyl groups excluding tert-OH is 1. The van der Waals surface area contributed by atoms with Gasteiger partial charge in [-0.1, -0.05) is 44.9 Å². The molecule has 1 N–H and O–H groups in total. The van der Waals surface area contributed by atoms with Gasteiger partial charge >= 0.3 is 35.8 Å². The Morgan fingerprint density at radius 2 is 0.738 bits per heavy atom. The number of benzene rings is 5. The van der Waals surface area contributed by atoms with E-state index in [0.717, 1.165) is 83.7 Å². The van der Waals surface area contributed by atoms with Crippen molar-refractivity contribution in [3.05, 3.63) is 143 Å². The van der Waals surface area contributed by atoms with E-state index >= 15 is 0 Å². The first kappa shape index (κ1) is 57.1. The Morgan fingerprint density at radius 3 is 1.14 bits per heavy atom. The van der Waals surface area contributed by atoms with E-state index in [1.165, 1.54) is 60.7 Å². The summed E-state index contributed by atoms with van der Waals surface area (Å²) in [4.78, 5) is 80.3. The molecule has 80 heavy (non-hydrogen) atoms. The van der Waals surface area contributed by atoms with Crippen LogP contribution in [0.15, 0.2) is 109 Å². The summed E-state index contributed by atoms with van der Waals surface area (Å²) in [7, 11) is 0. The van der Waals surface area contributed by atoms with Gasteiger partial charge in [-0.2, -0.15) is 0 Å². The Kier molecular flexibility index (Phi) is 20.3. The van der Waals surface area contributed by atoms with Crippen LogP contribution in [0, 0.1) is 5.92 Å². The van der Waals surface area contributed by atoms with Crippen LogP contribution in [-0.4, -0.2) is 112 Å². The first-order valence-electron chi connectivity index (χ1n) is 27.6. The van der Waals surface area contributed by atoms with Crippen molar-refractivity contribution in [3.63, 3.8) is 0 Å². The molecule has 0 aromatic heterocycles. The molecule has 5 aromatic carbocycles. The van der Waals surface area contributed by atoms with Gasteiger partial charge in [0, 0.05) is 12.8 Å². The second-order valence-corrected chi connectivity index (χ2v) is 20.3. The molecule has 9 rings (SSSR count). The normalized spacial score (nSPS) is 18.4. The Labute approximate surface area is 463 Å². The van der Waals surface area contributed by atoms with Crippen LogP contribution in [0.3, 0.4) is 0 Å². The van der Waals surface area contributed by atoms with Crippen LogP contribution in [0.2, 0.25) is 0 Å². The number of rotatable bonds is 32. The van der Waals surface area contributed by atoms with Crippen molar-refractivity contribution < 1.29 is 86.0 Å². The molecule has 3 unspecified atom stereocenters. The van der Waals surface area contributed by atoms with E-state index in [-0.39, 0.29) is 87.9 Å². The van der Waals surface area contributed by atoms with E-state index in [0.29, 0.717) is 62.8 Å². The van der Waals surface area contributed by atoms with Gasteiger partial charge in [0.25, 0.3) is 0 Å². The third kappa shape index (κ3) is 17.9. The average molecular weight is 1100 g/mol. The number of ether oxygens (including phenoxy) is 11. The minimum atomic E-state index is -0.838. The Balaban J connectivity index is 0.776. The maximum Gasteiger partial charge on any atom is 0.343 e. The summed E-state index contributed by atoms with van der Waals surface area (Å²) in [5.74, 6) is -3.30. The van der Waals surface area contributed by atoms with Gasteiger partial charge in [0.1, 0.15) is 45.6 Å². The van der Waals surface area contributed by atoms with Crippen molar-refractivity contribution in [1.82, 2.24) is 0 Å². The zero-order valence-electron chi connectivity index (χ0n) is 44.5. The monoisotopic (exact) mass is 1100 g/mol. The summed E-state index contributed by atoms with van der Waals surface area (Å²) in [6.45, 7) is 3.18. The topological polar surface area (TPSA) is 234 Å². The minimum absolute atomic E-state index is 0.00141. The van der Waals surface area contributed by atoms with Crippen molar-refractivity contribution in [2.75, 3.05) is 46.2 Å². The molecular formula is C62H66O18. The van der Waals surface area contributed by atoms with E-state index in [9.17, 15) is 33.9 Å². The van der Waals surface area contributed by atoms with Gasteiger partial charge in [-0.15, -0.1) is 0 Å². The Bertz CT molecular complexity index is 2900. The molecule has 4 aliphatic rings. The molecule has 3 aliphatic heterocycles. The fourth-order valence-corrected chi connectivity index (χ4v) is 8.87. The molecule has 1 saturated carbocycles. The number of carbonyl (C=O) groups excluding carboxylic acids is 6. The van der Waals surface area contributed by atoms with Crippen LogP contribution >= 0.6 is 0 Å². The third-order valence-electron chi connectivity index (χ3n) is 13.9. The van der Waals surface area contributed by atoms with Crippen LogP contribution in [0.25, 0.3) is 0 Å². The van der Waals surface area contributed by atoms with Gasteiger partial charge in [0.2, 0.25) is 0 Å². The Hall–Kier alpha value is -7.64. The highest BCUT2D eigenvalue weighted by Gasteiger charge is 2.28. The number of hydrogen-bond acceptors (Lipinski definition) is 18. The van der Waals surface area contributed by atoms with E-state index < -0.39 is 35.8 Å². The fourth-order valence-electron chi connectivity index (χ4n) is 8.87. The molecule has 3 atom stereocenters. The predicted octanol–water partition coefficient (Wildman–Crippen LogP) is 10.3. The van der Waals surface area contributed by atoms with E-state index in [1.807, 2.05) is 0 Å². The largest absolute Gasteiger partial charge is 0.494 e. The molecule has 4 fully saturated rings. The summed E-state index contributed by atoms with van der Waals surface area (Å²) >= 11 is 0. The summed E-state index contributed by atoms with van der Waals surface area (Å²) in [6, 6.07) is 26.1. The first-order chi connectivity index (χ1) is 39.0. The van der Waals surface area contributed by atoms with Gasteiger partial charge in [-0.25, -0.2) is 28.8 Å². The summed E-state index contributed by atoms with van der Waals surface area (Å²) in [5.41, 5.74) is 0.168. The Morgan fingerprint density at radius 1 is 0.388 bits per heavy atom. The molecule has 0 amide bonds. The van der Waals surface area contributed by atoms with Crippen molar-refractivity contribution >= 4 is 35.8 Å². The molecule has 422 valence electrons. The summed E-state index contributed by atoms with van der Waals surface area (Å²) in [5, 5.41) is 9.47. The summed E-state index contributed by atoms with van der Waals surface area (Å²) < 4.78 is 60.9. The van der Waals surface area contributed by atoms with E-state index in [1.54, 1.807) is 48.5 Å². The molecule has 3 heterocycles. The number of aliphatic hydroxyl groups is 1. The van der Waals surface area contributed by atoms with Crippen LogP contribution in [-0.2, 0) is 23.7 Å². The van der Waals surface area contributed by atoms with Crippen molar-refractivity contribution in [1.29, 1.82) is 0 Å². The van der Waals surface area contributed by atoms with Crippen LogP contribution in [0.5, 0.6) is 34.5 Å². The SMILES string of the molecule is O=C(Oc1ccc(OC(=O)c2ccc(OCCCCCCC3CC(O)C3)cc2)c(C(=O)OCCC2CO2)c1)c1ccc(C(=O)Oc2ccc(OC(=O)c3ccc(OCCCCCCC4CO4)cc3)c(C(=O)OCCC3CO3)c2)cc1. The minimum Gasteiger partial charge on any atom is -0.494 e. The lowest BCUT2D eigenvalue weighted by Crippen LogP contribution is -2.27. The quantitative estimate of drug-likeness (QED) is 0.0182. The molecular weight excluding hydrogens is 1030 g/mol. The molecule has 18 nitrogen and oxygen atoms in total. The predicted molar refractivity (Wildman–Crippen MR) is 287 cm³/mol. The second kappa shape index (κ2) is 28.5. The molecule has 3 saturated heterocycles. The van der Waals surface area contributed by atoms with Gasteiger partial charge < -0.3 is 57.2 Å². The fraction of sp³-hybridized carbons (Fsp3) is 0.419. The maximum absolute atomic E-state index is 13.4. The van der Waals surface area contributed by atoms with Crippen LogP contribution < -0.4 is 28.4 Å². The zero-order valence-corrected chi connectivity index (χ0v) is 44.5. The highest BCUT2D eigenvalue weighted by Crippen LogP contribution is 2.33. The van der Waals surface area contributed by atoms with Crippen LogP contribution in [0.1, 0.15) is 152 Å². The molecule has 0 spiro atoms. The lowest BCUT2D eigenvalue weighted by atomic mass is 9.79. The van der Waals surface area contributed by atoms with Crippen LogP contribution in [0.4, 0.5) is 0 Å².